The van der Waals surface area contributed by atoms with Gasteiger partial charge in [-0.25, -0.2) is 4.68 Å². The number of hydrogen-bond acceptors (Lipinski definition) is 6. The van der Waals surface area contributed by atoms with Crippen molar-refractivity contribution in [1.82, 2.24) is 9.78 Å². The first-order valence-corrected chi connectivity index (χ1v) is 6.10. The number of aliphatic hydroxyl groups excluding tert-OH is 3. The minimum Gasteiger partial charge on any atom is -0.394 e. The molecule has 104 valence electrons. The molecule has 6 N–H and O–H groups in total. The SMILES string of the molecule is CCC(O)CNc1c(N)cnn1CCC(O)CO. The third-order valence-corrected chi connectivity index (χ3v) is 2.73. The Balaban J connectivity index is 2.57. The minimum atomic E-state index is -0.760. The van der Waals surface area contributed by atoms with Gasteiger partial charge < -0.3 is 26.4 Å². The highest BCUT2D eigenvalue weighted by atomic mass is 16.3. The maximum absolute atomic E-state index is 9.49. The third-order valence-electron chi connectivity index (χ3n) is 2.73. The average molecular weight is 258 g/mol. The van der Waals surface area contributed by atoms with E-state index in [0.717, 1.165) is 0 Å². The smallest absolute Gasteiger partial charge is 0.147 e. The van der Waals surface area contributed by atoms with E-state index in [0.29, 0.717) is 37.4 Å². The zero-order valence-corrected chi connectivity index (χ0v) is 10.6. The summed E-state index contributed by atoms with van der Waals surface area (Å²) < 4.78 is 1.62. The Morgan fingerprint density at radius 1 is 1.44 bits per heavy atom. The average Bonchev–Trinajstić information content (AvgIpc) is 2.73. The number of nitrogen functional groups attached to an aromatic ring is 1. The zero-order chi connectivity index (χ0) is 13.5. The fourth-order valence-corrected chi connectivity index (χ4v) is 1.48. The number of aryl methyl sites for hydroxylation is 1. The van der Waals surface area contributed by atoms with E-state index >= 15 is 0 Å². The highest BCUT2D eigenvalue weighted by Crippen LogP contribution is 2.18. The molecule has 0 aliphatic carbocycles. The molecule has 0 spiro atoms. The topological polar surface area (TPSA) is 117 Å². The van der Waals surface area contributed by atoms with Gasteiger partial charge in [0.05, 0.1) is 30.7 Å². The summed E-state index contributed by atoms with van der Waals surface area (Å²) in [5.74, 6) is 0.632. The number of nitrogens with zero attached hydrogens (tertiary/aromatic N) is 2. The summed E-state index contributed by atoms with van der Waals surface area (Å²) in [5.41, 5.74) is 6.27. The zero-order valence-electron chi connectivity index (χ0n) is 10.6. The first-order valence-electron chi connectivity index (χ1n) is 6.10. The largest absolute Gasteiger partial charge is 0.394 e. The molecule has 0 radical (unpaired) electrons. The molecule has 0 bridgehead atoms. The van der Waals surface area contributed by atoms with Gasteiger partial charge in [0, 0.05) is 13.1 Å². The standard InChI is InChI=1S/C11H22N4O3/c1-2-8(17)5-13-11-10(12)6-14-15(11)4-3-9(18)7-16/h6,8-9,13,16-18H,2-5,7,12H2,1H3. The van der Waals surface area contributed by atoms with E-state index in [1.807, 2.05) is 6.92 Å². The highest BCUT2D eigenvalue weighted by Gasteiger charge is 2.11. The van der Waals surface area contributed by atoms with Crippen LogP contribution in [0.25, 0.3) is 0 Å². The highest BCUT2D eigenvalue weighted by molar-refractivity contribution is 5.60. The summed E-state index contributed by atoms with van der Waals surface area (Å²) in [6, 6.07) is 0. The number of hydrogen-bond donors (Lipinski definition) is 5. The Bertz CT molecular complexity index is 356. The molecule has 0 aliphatic rings. The van der Waals surface area contributed by atoms with Crippen LogP contribution in [-0.2, 0) is 6.54 Å². The second-order valence-electron chi connectivity index (χ2n) is 4.24. The molecule has 0 aliphatic heterocycles. The lowest BCUT2D eigenvalue weighted by Gasteiger charge is -2.14. The quantitative estimate of drug-likeness (QED) is 0.425. The van der Waals surface area contributed by atoms with E-state index in [1.165, 1.54) is 6.20 Å². The van der Waals surface area contributed by atoms with Gasteiger partial charge in [0.1, 0.15) is 5.82 Å². The van der Waals surface area contributed by atoms with Crippen LogP contribution in [0.15, 0.2) is 6.20 Å². The Morgan fingerprint density at radius 2 is 2.17 bits per heavy atom. The molecular formula is C11H22N4O3. The van der Waals surface area contributed by atoms with Gasteiger partial charge in [-0.3, -0.25) is 0 Å². The molecular weight excluding hydrogens is 236 g/mol. The maximum atomic E-state index is 9.49. The number of aromatic nitrogens is 2. The van der Waals surface area contributed by atoms with E-state index < -0.39 is 12.2 Å². The van der Waals surface area contributed by atoms with E-state index in [1.54, 1.807) is 4.68 Å². The van der Waals surface area contributed by atoms with Crippen molar-refractivity contribution in [3.05, 3.63) is 6.20 Å². The Kier molecular flexibility index (Phi) is 5.90. The number of anilines is 2. The molecule has 2 atom stereocenters. The van der Waals surface area contributed by atoms with Crippen molar-refractivity contribution in [1.29, 1.82) is 0 Å². The Hall–Kier alpha value is -1.31. The fourth-order valence-electron chi connectivity index (χ4n) is 1.48. The molecule has 1 rings (SSSR count). The van der Waals surface area contributed by atoms with Crippen molar-refractivity contribution in [3.63, 3.8) is 0 Å². The molecule has 1 aromatic rings. The van der Waals surface area contributed by atoms with Crippen LogP contribution in [0.3, 0.4) is 0 Å². The van der Waals surface area contributed by atoms with Crippen LogP contribution >= 0.6 is 0 Å². The van der Waals surface area contributed by atoms with Crippen molar-refractivity contribution in [2.24, 2.45) is 0 Å². The maximum Gasteiger partial charge on any atom is 0.147 e. The molecule has 0 aromatic carbocycles. The van der Waals surface area contributed by atoms with Gasteiger partial charge in [-0.1, -0.05) is 6.92 Å². The van der Waals surface area contributed by atoms with E-state index in [2.05, 4.69) is 10.4 Å². The molecule has 2 unspecified atom stereocenters. The fraction of sp³-hybridized carbons (Fsp3) is 0.727. The van der Waals surface area contributed by atoms with Gasteiger partial charge >= 0.3 is 0 Å². The molecule has 7 heteroatoms. The number of rotatable bonds is 8. The molecule has 0 saturated carbocycles. The van der Waals surface area contributed by atoms with Crippen LogP contribution in [0.2, 0.25) is 0 Å². The summed E-state index contributed by atoms with van der Waals surface area (Å²) in [6.07, 6.45) is 1.37. The van der Waals surface area contributed by atoms with Gasteiger partial charge in [-0.2, -0.15) is 5.10 Å². The van der Waals surface area contributed by atoms with Crippen molar-refractivity contribution in [2.75, 3.05) is 24.2 Å². The van der Waals surface area contributed by atoms with Gasteiger partial charge in [-0.05, 0) is 12.8 Å². The molecule has 1 heterocycles. The van der Waals surface area contributed by atoms with E-state index in [4.69, 9.17) is 10.8 Å². The monoisotopic (exact) mass is 258 g/mol. The number of nitrogens with two attached hydrogens (primary N) is 1. The molecule has 0 fully saturated rings. The lowest BCUT2D eigenvalue weighted by molar-refractivity contribution is 0.0839. The van der Waals surface area contributed by atoms with Crippen molar-refractivity contribution < 1.29 is 15.3 Å². The van der Waals surface area contributed by atoms with Gasteiger partial charge in [0.2, 0.25) is 0 Å². The second kappa shape index (κ2) is 7.20. The molecule has 0 amide bonds. The number of nitrogens with one attached hydrogen (secondary N) is 1. The van der Waals surface area contributed by atoms with Gasteiger partial charge in [0.15, 0.2) is 0 Å². The predicted molar refractivity (Wildman–Crippen MR) is 69.1 cm³/mol. The lowest BCUT2D eigenvalue weighted by atomic mass is 10.2. The predicted octanol–water partition coefficient (Wildman–Crippen LogP) is -0.609. The van der Waals surface area contributed by atoms with E-state index in [-0.39, 0.29) is 6.61 Å². The third kappa shape index (κ3) is 4.17. The van der Waals surface area contributed by atoms with Crippen molar-refractivity contribution >= 4 is 11.5 Å². The van der Waals surface area contributed by atoms with Crippen LogP contribution in [-0.4, -0.2) is 50.5 Å². The van der Waals surface area contributed by atoms with Crippen LogP contribution in [0.5, 0.6) is 0 Å². The van der Waals surface area contributed by atoms with Crippen molar-refractivity contribution in [2.45, 2.75) is 38.5 Å². The van der Waals surface area contributed by atoms with Gasteiger partial charge in [-0.15, -0.1) is 0 Å². The molecule has 0 saturated heterocycles. The summed E-state index contributed by atoms with van der Waals surface area (Å²) in [7, 11) is 0. The minimum absolute atomic E-state index is 0.270. The van der Waals surface area contributed by atoms with Crippen LogP contribution in [0.4, 0.5) is 11.5 Å². The van der Waals surface area contributed by atoms with Crippen LogP contribution in [0.1, 0.15) is 19.8 Å². The lowest BCUT2D eigenvalue weighted by Crippen LogP contribution is -2.22. The Morgan fingerprint density at radius 3 is 2.78 bits per heavy atom. The van der Waals surface area contributed by atoms with Crippen molar-refractivity contribution in [3.8, 4) is 0 Å². The molecule has 7 nitrogen and oxygen atoms in total. The first-order chi connectivity index (χ1) is 8.58. The van der Waals surface area contributed by atoms with Crippen LogP contribution < -0.4 is 11.1 Å². The van der Waals surface area contributed by atoms with Crippen LogP contribution in [0, 0.1) is 0 Å². The molecule has 1 aromatic heterocycles. The second-order valence-corrected chi connectivity index (χ2v) is 4.24. The molecule has 18 heavy (non-hydrogen) atoms. The summed E-state index contributed by atoms with van der Waals surface area (Å²) in [6.45, 7) is 2.47. The number of aliphatic hydroxyl groups is 3. The first kappa shape index (κ1) is 14.7. The van der Waals surface area contributed by atoms with E-state index in [9.17, 15) is 10.2 Å². The normalized spacial score (nSPS) is 14.4. The van der Waals surface area contributed by atoms with Gasteiger partial charge in [0.25, 0.3) is 0 Å². The summed E-state index contributed by atoms with van der Waals surface area (Å²) in [4.78, 5) is 0. The summed E-state index contributed by atoms with van der Waals surface area (Å²) in [5, 5.41) is 34.6. The summed E-state index contributed by atoms with van der Waals surface area (Å²) >= 11 is 0. The Labute approximate surface area is 106 Å².